The zero-order valence-corrected chi connectivity index (χ0v) is 10.4. The van der Waals surface area contributed by atoms with Crippen LogP contribution in [-0.2, 0) is 6.54 Å². The van der Waals surface area contributed by atoms with E-state index in [0.29, 0.717) is 11.7 Å². The second kappa shape index (κ2) is 4.75. The Morgan fingerprint density at radius 3 is 2.78 bits per heavy atom. The molecule has 2 N–H and O–H groups in total. The molecular formula is C12H12N4OS. The smallest absolute Gasteiger partial charge is 0.255 e. The third kappa shape index (κ3) is 1.96. The third-order valence-corrected chi connectivity index (χ3v) is 3.56. The highest BCUT2D eigenvalue weighted by Gasteiger charge is 2.22. The Morgan fingerprint density at radius 2 is 2.17 bits per heavy atom. The van der Waals surface area contributed by atoms with Crippen LogP contribution in [0.15, 0.2) is 46.6 Å². The molecule has 18 heavy (non-hydrogen) atoms. The average molecular weight is 260 g/mol. The van der Waals surface area contributed by atoms with Crippen LogP contribution < -0.4 is 5.73 Å². The van der Waals surface area contributed by atoms with Crippen LogP contribution in [0, 0.1) is 0 Å². The van der Waals surface area contributed by atoms with Crippen LogP contribution in [0.3, 0.4) is 0 Å². The highest BCUT2D eigenvalue weighted by Crippen LogP contribution is 2.28. The number of hydrogen-bond donors (Lipinski definition) is 1. The van der Waals surface area contributed by atoms with E-state index in [2.05, 4.69) is 16.2 Å². The van der Waals surface area contributed by atoms with E-state index in [1.165, 1.54) is 0 Å². The Bertz CT molecular complexity index is 566. The fraction of sp³-hybridized carbons (Fsp3) is 0.167. The van der Waals surface area contributed by atoms with Crippen molar-refractivity contribution in [3.8, 4) is 0 Å². The maximum Gasteiger partial charge on any atom is 0.255 e. The van der Waals surface area contributed by atoms with Gasteiger partial charge in [0.25, 0.3) is 5.89 Å². The molecule has 0 unspecified atom stereocenters. The summed E-state index contributed by atoms with van der Waals surface area (Å²) in [6.45, 7) is 0.284. The Hall–Kier alpha value is -1.92. The summed E-state index contributed by atoms with van der Waals surface area (Å²) in [5.41, 5.74) is 5.51. The van der Waals surface area contributed by atoms with E-state index >= 15 is 0 Å². The number of hydrogen-bond acceptors (Lipinski definition) is 5. The van der Waals surface area contributed by atoms with Crippen molar-refractivity contribution in [3.05, 3.63) is 58.6 Å². The summed E-state index contributed by atoms with van der Waals surface area (Å²) in [5, 5.41) is 5.89. The van der Waals surface area contributed by atoms with Crippen LogP contribution in [0.1, 0.15) is 22.6 Å². The lowest BCUT2D eigenvalue weighted by Crippen LogP contribution is -2.09. The Kier molecular flexibility index (Phi) is 2.95. The molecule has 3 rings (SSSR count). The van der Waals surface area contributed by atoms with Gasteiger partial charge in [0.05, 0.1) is 6.54 Å². The van der Waals surface area contributed by atoms with Crippen molar-refractivity contribution in [2.45, 2.75) is 12.6 Å². The van der Waals surface area contributed by atoms with E-state index in [4.69, 9.17) is 10.3 Å². The minimum absolute atomic E-state index is 0.0761. The van der Waals surface area contributed by atoms with Gasteiger partial charge < -0.3 is 14.8 Å². The SMILES string of the molecule is NCc1noc([C@H](c2cccs2)n2cccc2)n1. The van der Waals surface area contributed by atoms with Crippen LogP contribution in [0.2, 0.25) is 0 Å². The number of nitrogens with two attached hydrogens (primary N) is 1. The van der Waals surface area contributed by atoms with E-state index in [1.807, 2.05) is 40.5 Å². The van der Waals surface area contributed by atoms with Crippen molar-refractivity contribution in [1.82, 2.24) is 14.7 Å². The Labute approximate surface area is 108 Å². The summed E-state index contributed by atoms with van der Waals surface area (Å²) in [7, 11) is 0. The van der Waals surface area contributed by atoms with Gasteiger partial charge in [0.2, 0.25) is 0 Å². The highest BCUT2D eigenvalue weighted by atomic mass is 32.1. The predicted molar refractivity (Wildman–Crippen MR) is 68.2 cm³/mol. The van der Waals surface area contributed by atoms with Crippen LogP contribution in [-0.4, -0.2) is 14.7 Å². The van der Waals surface area contributed by atoms with Crippen molar-refractivity contribution in [1.29, 1.82) is 0 Å². The normalized spacial score (nSPS) is 12.7. The standard InChI is InChI=1S/C12H12N4OS/c13-8-10-14-12(17-15-10)11(9-4-3-7-18-9)16-5-1-2-6-16/h1-7,11H,8,13H2/t11-/m0/s1. The molecule has 0 fully saturated rings. The van der Waals surface area contributed by atoms with Gasteiger partial charge in [0.1, 0.15) is 6.04 Å². The molecule has 0 aliphatic heterocycles. The zero-order valence-electron chi connectivity index (χ0n) is 9.56. The Balaban J connectivity index is 2.05. The first-order chi connectivity index (χ1) is 8.88. The molecular weight excluding hydrogens is 248 g/mol. The molecule has 0 spiro atoms. The van der Waals surface area contributed by atoms with Gasteiger partial charge in [-0.2, -0.15) is 4.98 Å². The highest BCUT2D eigenvalue weighted by molar-refractivity contribution is 7.10. The molecule has 6 heteroatoms. The van der Waals surface area contributed by atoms with E-state index < -0.39 is 0 Å². The topological polar surface area (TPSA) is 69.9 Å². The lowest BCUT2D eigenvalue weighted by Gasteiger charge is -2.12. The molecule has 0 aromatic carbocycles. The number of thiophene rings is 1. The quantitative estimate of drug-likeness (QED) is 0.779. The molecule has 3 heterocycles. The van der Waals surface area contributed by atoms with E-state index in [9.17, 15) is 0 Å². The lowest BCUT2D eigenvalue weighted by atomic mass is 10.2. The summed E-state index contributed by atoms with van der Waals surface area (Å²) >= 11 is 1.66. The van der Waals surface area contributed by atoms with Gasteiger partial charge >= 0.3 is 0 Å². The van der Waals surface area contributed by atoms with Gasteiger partial charge in [-0.1, -0.05) is 11.2 Å². The molecule has 0 saturated carbocycles. The molecule has 0 saturated heterocycles. The minimum atomic E-state index is -0.0761. The number of nitrogens with zero attached hydrogens (tertiary/aromatic N) is 3. The monoisotopic (exact) mass is 260 g/mol. The summed E-state index contributed by atoms with van der Waals surface area (Å²) in [4.78, 5) is 5.48. The summed E-state index contributed by atoms with van der Waals surface area (Å²) < 4.78 is 7.35. The summed E-state index contributed by atoms with van der Waals surface area (Å²) in [6, 6.07) is 7.94. The number of rotatable bonds is 4. The molecule has 0 radical (unpaired) electrons. The van der Waals surface area contributed by atoms with Crippen LogP contribution >= 0.6 is 11.3 Å². The van der Waals surface area contributed by atoms with Gasteiger partial charge in [-0.25, -0.2) is 0 Å². The third-order valence-electron chi connectivity index (χ3n) is 2.64. The van der Waals surface area contributed by atoms with Gasteiger partial charge in [0, 0.05) is 17.3 Å². The van der Waals surface area contributed by atoms with Crippen LogP contribution in [0.25, 0.3) is 0 Å². The van der Waals surface area contributed by atoms with E-state index in [-0.39, 0.29) is 12.6 Å². The number of aromatic nitrogens is 3. The maximum atomic E-state index is 5.51. The largest absolute Gasteiger partial charge is 0.337 e. The van der Waals surface area contributed by atoms with Crippen LogP contribution in [0.4, 0.5) is 0 Å². The van der Waals surface area contributed by atoms with E-state index in [1.54, 1.807) is 11.3 Å². The zero-order chi connectivity index (χ0) is 12.4. The fourth-order valence-corrected chi connectivity index (χ4v) is 2.65. The average Bonchev–Trinajstić information content (AvgIpc) is 3.13. The molecule has 92 valence electrons. The van der Waals surface area contributed by atoms with Crippen molar-refractivity contribution >= 4 is 11.3 Å². The van der Waals surface area contributed by atoms with Crippen molar-refractivity contribution < 1.29 is 4.52 Å². The molecule has 0 bridgehead atoms. The summed E-state index contributed by atoms with van der Waals surface area (Å²) in [6.07, 6.45) is 3.97. The van der Waals surface area contributed by atoms with Crippen molar-refractivity contribution in [2.75, 3.05) is 0 Å². The van der Waals surface area contributed by atoms with Gasteiger partial charge in [-0.05, 0) is 23.6 Å². The predicted octanol–water partition coefficient (Wildman–Crippen LogP) is 2.03. The first-order valence-electron chi connectivity index (χ1n) is 5.57. The maximum absolute atomic E-state index is 5.51. The van der Waals surface area contributed by atoms with Crippen molar-refractivity contribution in [2.24, 2.45) is 5.73 Å². The first kappa shape index (κ1) is 11.2. The van der Waals surface area contributed by atoms with Crippen molar-refractivity contribution in [3.63, 3.8) is 0 Å². The molecule has 0 amide bonds. The van der Waals surface area contributed by atoms with E-state index in [0.717, 1.165) is 4.88 Å². The van der Waals surface area contributed by atoms with Crippen LogP contribution in [0.5, 0.6) is 0 Å². The van der Waals surface area contributed by atoms with Gasteiger partial charge in [-0.15, -0.1) is 11.3 Å². The lowest BCUT2D eigenvalue weighted by molar-refractivity contribution is 0.351. The molecule has 3 aromatic rings. The molecule has 0 aliphatic rings. The molecule has 5 nitrogen and oxygen atoms in total. The molecule has 0 aliphatic carbocycles. The van der Waals surface area contributed by atoms with Gasteiger partial charge in [-0.3, -0.25) is 0 Å². The molecule has 3 aromatic heterocycles. The minimum Gasteiger partial charge on any atom is -0.337 e. The molecule has 1 atom stereocenters. The first-order valence-corrected chi connectivity index (χ1v) is 6.45. The van der Waals surface area contributed by atoms with Gasteiger partial charge in [0.15, 0.2) is 5.82 Å². The Morgan fingerprint density at radius 1 is 1.33 bits per heavy atom. The summed E-state index contributed by atoms with van der Waals surface area (Å²) in [5.74, 6) is 1.09. The fourth-order valence-electron chi connectivity index (χ4n) is 1.82. The second-order valence-electron chi connectivity index (χ2n) is 3.80. The second-order valence-corrected chi connectivity index (χ2v) is 4.78.